The van der Waals surface area contributed by atoms with Crippen molar-refractivity contribution in [1.29, 1.82) is 0 Å². The van der Waals surface area contributed by atoms with E-state index in [1.807, 2.05) is 0 Å². The molecule has 0 aromatic heterocycles. The molecule has 2 N–H and O–H groups in total. The largest absolute Gasteiger partial charge is 0.507 e. The molecule has 0 saturated carbocycles. The van der Waals surface area contributed by atoms with Crippen LogP contribution in [0.1, 0.15) is 40.0 Å². The third-order valence-electron chi connectivity index (χ3n) is 2.46. The minimum absolute atomic E-state index is 0.0355. The number of hydrogen-bond acceptors (Lipinski definition) is 7. The molecule has 0 unspecified atom stereocenters. The number of rotatable bonds is 9. The predicted molar refractivity (Wildman–Crippen MR) is 74.0 cm³/mol. The van der Waals surface area contributed by atoms with E-state index in [2.05, 4.69) is 9.47 Å². The van der Waals surface area contributed by atoms with Gasteiger partial charge in [0.05, 0.1) is 13.0 Å². The summed E-state index contributed by atoms with van der Waals surface area (Å²) in [4.78, 5) is 45.6. The maximum Gasteiger partial charge on any atom is 0.345 e. The highest BCUT2D eigenvalue weighted by atomic mass is 16.6. The number of carbonyl (C=O) groups excluding carboxylic acids is 3. The van der Waals surface area contributed by atoms with Crippen molar-refractivity contribution in [2.45, 2.75) is 46.1 Å². The molecule has 0 bridgehead atoms. The molecule has 0 amide bonds. The van der Waals surface area contributed by atoms with Crippen molar-refractivity contribution >= 4 is 23.7 Å². The minimum atomic E-state index is -1.63. The quantitative estimate of drug-likeness (QED) is 0.213. The van der Waals surface area contributed by atoms with E-state index in [0.717, 1.165) is 6.92 Å². The van der Waals surface area contributed by atoms with Gasteiger partial charge in [-0.15, -0.1) is 0 Å². The first-order valence-corrected chi connectivity index (χ1v) is 6.76. The number of carbonyl (C=O) groups is 4. The maximum absolute atomic E-state index is 12.0. The second-order valence-electron chi connectivity index (χ2n) is 4.35. The molecule has 0 fully saturated rings. The van der Waals surface area contributed by atoms with Crippen LogP contribution in [0.15, 0.2) is 11.3 Å². The van der Waals surface area contributed by atoms with Gasteiger partial charge in [0, 0.05) is 13.3 Å². The second kappa shape index (κ2) is 9.54. The maximum atomic E-state index is 12.0. The van der Waals surface area contributed by atoms with Crippen molar-refractivity contribution in [3.8, 4) is 0 Å². The molecule has 0 aliphatic rings. The Balaban J connectivity index is 5.75. The Morgan fingerprint density at radius 2 is 1.68 bits per heavy atom. The van der Waals surface area contributed by atoms with Gasteiger partial charge in [0.15, 0.2) is 17.6 Å². The number of ketones is 1. The standard InChI is InChI=1S/C14H20O8/c1-4-6-9(16)12(14(20)21-5-2)13(19)10(7-11(17)18)22-8(3)15/h10,19H,4-7H2,1-3H3,(H,17,18)/b13-12-/t10-/m0/s1. The summed E-state index contributed by atoms with van der Waals surface area (Å²) in [5.74, 6) is -4.93. The predicted octanol–water partition coefficient (Wildman–Crippen LogP) is 1.14. The summed E-state index contributed by atoms with van der Waals surface area (Å²) in [6, 6.07) is 0. The van der Waals surface area contributed by atoms with Crippen LogP contribution >= 0.6 is 0 Å². The highest BCUT2D eigenvalue weighted by Gasteiger charge is 2.31. The van der Waals surface area contributed by atoms with Crippen LogP contribution in [-0.2, 0) is 28.7 Å². The van der Waals surface area contributed by atoms with Gasteiger partial charge in [0.2, 0.25) is 0 Å². The van der Waals surface area contributed by atoms with Crippen molar-refractivity contribution < 1.29 is 38.9 Å². The van der Waals surface area contributed by atoms with Crippen LogP contribution in [0.3, 0.4) is 0 Å². The van der Waals surface area contributed by atoms with E-state index in [1.54, 1.807) is 6.92 Å². The number of hydrogen-bond donors (Lipinski definition) is 2. The molecule has 0 heterocycles. The monoisotopic (exact) mass is 316 g/mol. The summed E-state index contributed by atoms with van der Waals surface area (Å²) in [7, 11) is 0. The number of ether oxygens (including phenoxy) is 2. The van der Waals surface area contributed by atoms with Crippen LogP contribution in [0, 0.1) is 0 Å². The molecule has 8 nitrogen and oxygen atoms in total. The Kier molecular flexibility index (Phi) is 8.51. The molecule has 1 atom stereocenters. The Bertz CT molecular complexity index is 441. The van der Waals surface area contributed by atoms with Gasteiger partial charge in [-0.1, -0.05) is 6.92 Å². The summed E-state index contributed by atoms with van der Waals surface area (Å²) in [6.45, 7) is 4.18. The Morgan fingerprint density at radius 3 is 2.09 bits per heavy atom. The fraction of sp³-hybridized carbons (Fsp3) is 0.571. The lowest BCUT2D eigenvalue weighted by atomic mass is 10.0. The zero-order valence-corrected chi connectivity index (χ0v) is 12.7. The Hall–Kier alpha value is -2.38. The van der Waals surface area contributed by atoms with Crippen molar-refractivity contribution in [2.24, 2.45) is 0 Å². The van der Waals surface area contributed by atoms with E-state index in [4.69, 9.17) is 5.11 Å². The molecular formula is C14H20O8. The van der Waals surface area contributed by atoms with E-state index < -0.39 is 47.5 Å². The molecule has 0 spiro atoms. The van der Waals surface area contributed by atoms with Crippen LogP contribution in [0.2, 0.25) is 0 Å². The summed E-state index contributed by atoms with van der Waals surface area (Å²) < 4.78 is 9.36. The molecular weight excluding hydrogens is 296 g/mol. The number of aliphatic carboxylic acids is 1. The lowest BCUT2D eigenvalue weighted by Gasteiger charge is -2.17. The molecule has 0 aliphatic carbocycles. The average molecular weight is 316 g/mol. The fourth-order valence-corrected chi connectivity index (χ4v) is 1.63. The van der Waals surface area contributed by atoms with Gasteiger partial charge in [-0.2, -0.15) is 0 Å². The van der Waals surface area contributed by atoms with Gasteiger partial charge in [-0.3, -0.25) is 14.4 Å². The van der Waals surface area contributed by atoms with Gasteiger partial charge in [0.1, 0.15) is 5.57 Å². The fourth-order valence-electron chi connectivity index (χ4n) is 1.63. The van der Waals surface area contributed by atoms with Gasteiger partial charge < -0.3 is 19.7 Å². The Labute approximate surface area is 127 Å². The van der Waals surface area contributed by atoms with Crippen LogP contribution in [0.4, 0.5) is 0 Å². The average Bonchev–Trinajstić information content (AvgIpc) is 2.37. The Morgan fingerprint density at radius 1 is 1.09 bits per heavy atom. The number of aliphatic hydroxyl groups is 1. The smallest absolute Gasteiger partial charge is 0.345 e. The summed E-state index contributed by atoms with van der Waals surface area (Å²) in [5.41, 5.74) is -0.684. The molecule has 22 heavy (non-hydrogen) atoms. The van der Waals surface area contributed by atoms with Gasteiger partial charge in [-0.05, 0) is 13.3 Å². The zero-order valence-electron chi connectivity index (χ0n) is 12.7. The molecule has 0 aromatic carbocycles. The van der Waals surface area contributed by atoms with Crippen molar-refractivity contribution in [3.05, 3.63) is 11.3 Å². The number of carboxylic acid groups (broad SMARTS) is 1. The van der Waals surface area contributed by atoms with Crippen LogP contribution in [0.5, 0.6) is 0 Å². The lowest BCUT2D eigenvalue weighted by molar-refractivity contribution is -0.151. The third-order valence-corrected chi connectivity index (χ3v) is 2.46. The topological polar surface area (TPSA) is 127 Å². The molecule has 8 heteroatoms. The second-order valence-corrected chi connectivity index (χ2v) is 4.35. The van der Waals surface area contributed by atoms with E-state index in [-0.39, 0.29) is 13.0 Å². The first-order valence-electron chi connectivity index (χ1n) is 6.76. The summed E-state index contributed by atoms with van der Waals surface area (Å²) in [5, 5.41) is 18.9. The lowest BCUT2D eigenvalue weighted by Crippen LogP contribution is -2.28. The van der Waals surface area contributed by atoms with Gasteiger partial charge in [0.25, 0.3) is 0 Å². The van der Waals surface area contributed by atoms with E-state index in [1.165, 1.54) is 6.92 Å². The molecule has 0 aliphatic heterocycles. The van der Waals surface area contributed by atoms with Gasteiger partial charge in [-0.25, -0.2) is 4.79 Å². The van der Waals surface area contributed by atoms with Gasteiger partial charge >= 0.3 is 17.9 Å². The number of carboxylic acids is 1. The molecule has 124 valence electrons. The number of Topliss-reactive ketones (excluding diaryl/α,β-unsaturated/α-hetero) is 1. The first kappa shape index (κ1) is 19.6. The normalized spacial score (nSPS) is 12.9. The third kappa shape index (κ3) is 6.38. The van der Waals surface area contributed by atoms with Crippen LogP contribution < -0.4 is 0 Å². The highest BCUT2D eigenvalue weighted by Crippen LogP contribution is 2.18. The first-order chi connectivity index (χ1) is 10.2. The molecule has 0 saturated heterocycles. The van der Waals surface area contributed by atoms with Crippen LogP contribution in [-0.4, -0.2) is 46.6 Å². The molecule has 0 rings (SSSR count). The molecule has 0 radical (unpaired) electrons. The minimum Gasteiger partial charge on any atom is -0.507 e. The summed E-state index contributed by atoms with van der Waals surface area (Å²) in [6.07, 6.45) is -2.05. The molecule has 0 aromatic rings. The van der Waals surface area contributed by atoms with E-state index in [0.29, 0.717) is 6.42 Å². The zero-order chi connectivity index (χ0) is 17.3. The van der Waals surface area contributed by atoms with Crippen molar-refractivity contribution in [3.63, 3.8) is 0 Å². The highest BCUT2D eigenvalue weighted by molar-refractivity contribution is 6.17. The SMILES string of the molecule is CCCC(=O)/C(C(=O)OCC)=C(/O)[C@H](CC(=O)O)OC(C)=O. The number of aliphatic hydroxyl groups excluding tert-OH is 1. The van der Waals surface area contributed by atoms with Crippen molar-refractivity contribution in [2.75, 3.05) is 6.61 Å². The summed E-state index contributed by atoms with van der Waals surface area (Å²) >= 11 is 0. The van der Waals surface area contributed by atoms with E-state index >= 15 is 0 Å². The van der Waals surface area contributed by atoms with E-state index in [9.17, 15) is 24.3 Å². The van der Waals surface area contributed by atoms with Crippen molar-refractivity contribution in [1.82, 2.24) is 0 Å². The van der Waals surface area contributed by atoms with Crippen LogP contribution in [0.25, 0.3) is 0 Å². The number of esters is 2.